The smallest absolute Gasteiger partial charge is 0.362 e. The second-order valence-corrected chi connectivity index (χ2v) is 17.2. The molecule has 3 N–H and O–H groups in total. The Hall–Kier alpha value is -3.51. The summed E-state index contributed by atoms with van der Waals surface area (Å²) < 4.78 is 35.9. The molecule has 1 aromatic carbocycles. The number of hydrogen-bond acceptors (Lipinski definition) is 11. The summed E-state index contributed by atoms with van der Waals surface area (Å²) in [6.07, 6.45) is -0.436. The number of carbonyl (C=O) groups is 4. The van der Waals surface area contributed by atoms with Crippen LogP contribution in [0.1, 0.15) is 45.0 Å². The van der Waals surface area contributed by atoms with E-state index in [1.807, 2.05) is 13.8 Å². The van der Waals surface area contributed by atoms with E-state index >= 15 is 0 Å². The van der Waals surface area contributed by atoms with Gasteiger partial charge in [0.25, 0.3) is 15.9 Å². The summed E-state index contributed by atoms with van der Waals surface area (Å²) in [5, 5.41) is 15.8. The third-order valence-corrected chi connectivity index (χ3v) is 13.7. The number of hydrogen-bond donors (Lipinski definition) is 2. The summed E-state index contributed by atoms with van der Waals surface area (Å²) in [6.45, 7) is 9.46. The summed E-state index contributed by atoms with van der Waals surface area (Å²) in [4.78, 5) is 65.2. The zero-order valence-corrected chi connectivity index (χ0v) is 27.4. The minimum absolute atomic E-state index is 0.0465. The van der Waals surface area contributed by atoms with Crippen molar-refractivity contribution in [3.8, 4) is 0 Å². The van der Waals surface area contributed by atoms with Gasteiger partial charge in [-0.1, -0.05) is 27.7 Å². The molecule has 2 aliphatic heterocycles. The maximum atomic E-state index is 13.6. The van der Waals surface area contributed by atoms with Crippen LogP contribution in [0.4, 0.5) is 5.69 Å². The Kier molecular flexibility index (Phi) is 10.8. The van der Waals surface area contributed by atoms with Crippen molar-refractivity contribution in [3.05, 3.63) is 51.2 Å². The van der Waals surface area contributed by atoms with Crippen LogP contribution in [0.25, 0.3) is 0 Å². The Labute approximate surface area is 257 Å². The quantitative estimate of drug-likeness (QED) is 0.0737. The molecule has 1 aromatic rings. The summed E-state index contributed by atoms with van der Waals surface area (Å²) >= 11 is 0. The lowest BCUT2D eigenvalue weighted by Crippen LogP contribution is -2.65. The molecular weight excluding hydrogens is 614 g/mol. The molecule has 15 nitrogen and oxygen atoms in total. The van der Waals surface area contributed by atoms with Gasteiger partial charge in [-0.2, -0.15) is 8.42 Å². The van der Waals surface area contributed by atoms with Crippen LogP contribution in [0.2, 0.25) is 18.1 Å². The molecule has 1 fully saturated rings. The highest BCUT2D eigenvalue weighted by Gasteiger charge is 2.61. The van der Waals surface area contributed by atoms with Crippen molar-refractivity contribution < 1.29 is 41.7 Å². The molecule has 3 rings (SSSR count). The average Bonchev–Trinajstić information content (AvgIpc) is 3.18. The molecule has 0 aromatic heterocycles. The monoisotopic (exact) mass is 653 g/mol. The van der Waals surface area contributed by atoms with Gasteiger partial charge in [0.05, 0.1) is 35.1 Å². The van der Waals surface area contributed by atoms with Gasteiger partial charge < -0.3 is 14.1 Å². The second kappa shape index (κ2) is 13.6. The number of fused-ring (bicyclic) bond motifs is 1. The van der Waals surface area contributed by atoms with E-state index in [0.717, 1.165) is 42.4 Å². The number of nitro benzene ring substituents is 1. The van der Waals surface area contributed by atoms with Crippen LogP contribution in [-0.2, 0) is 33.8 Å². The van der Waals surface area contributed by atoms with E-state index in [1.54, 1.807) is 4.72 Å². The lowest BCUT2D eigenvalue weighted by molar-refractivity contribution is -0.384. The number of nitrogens with one attached hydrogen (secondary N) is 1. The lowest BCUT2D eigenvalue weighted by Gasteiger charge is -2.49. The summed E-state index contributed by atoms with van der Waals surface area (Å²) in [7, 11) is -4.86. The number of likely N-dealkylation sites (N-methyl/N-ethyl adjacent to an activating group) is 1. The van der Waals surface area contributed by atoms with Gasteiger partial charge in [-0.25, -0.2) is 19.5 Å². The van der Waals surface area contributed by atoms with Gasteiger partial charge in [0, 0.05) is 24.6 Å². The highest BCUT2D eigenvalue weighted by atomic mass is 32.2. The van der Waals surface area contributed by atoms with Crippen molar-refractivity contribution in [1.29, 1.82) is 0 Å². The SMILES string of the molecule is CC[Si](CC)(CC)O[C@H](C)[C@H]1C(=O)N2C(C(=O)OC(=O)c3ccc([N+](=O)[O-])cc3)=C(CN(C)CC(=O)NS(N)(=O)=O)[C@H](C)[C@H]12. The topological polar surface area (TPSA) is 209 Å². The molecular formula is C27H39N5O10SSi. The van der Waals surface area contributed by atoms with Crippen LogP contribution < -0.4 is 9.86 Å². The molecule has 0 unspecified atom stereocenters. The van der Waals surface area contributed by atoms with Crippen LogP contribution in [0.15, 0.2) is 35.5 Å². The summed E-state index contributed by atoms with van der Waals surface area (Å²) in [5.41, 5.74) is -0.0969. The molecule has 0 saturated carbocycles. The van der Waals surface area contributed by atoms with Gasteiger partial charge in [-0.05, 0) is 49.8 Å². The van der Waals surface area contributed by atoms with E-state index in [4.69, 9.17) is 14.3 Å². The van der Waals surface area contributed by atoms with E-state index in [2.05, 4.69) is 20.8 Å². The minimum Gasteiger partial charge on any atom is -0.413 e. The Balaban J connectivity index is 1.91. The third kappa shape index (κ3) is 7.40. The van der Waals surface area contributed by atoms with Crippen LogP contribution in [0.5, 0.6) is 0 Å². The fraction of sp³-hybridized carbons (Fsp3) is 0.556. The summed E-state index contributed by atoms with van der Waals surface area (Å²) in [6, 6.07) is 6.65. The molecule has 0 radical (unpaired) electrons. The maximum absolute atomic E-state index is 13.6. The van der Waals surface area contributed by atoms with Gasteiger partial charge in [0.1, 0.15) is 5.70 Å². The maximum Gasteiger partial charge on any atom is 0.362 e. The molecule has 0 aliphatic carbocycles. The number of esters is 2. The number of non-ortho nitro benzene ring substituents is 1. The third-order valence-electron chi connectivity index (χ3n) is 8.47. The van der Waals surface area contributed by atoms with Crippen molar-refractivity contribution in [2.75, 3.05) is 20.1 Å². The van der Waals surface area contributed by atoms with E-state index in [1.165, 1.54) is 16.8 Å². The molecule has 2 amide bonds. The van der Waals surface area contributed by atoms with Gasteiger partial charge in [0.15, 0.2) is 8.32 Å². The zero-order chi connectivity index (χ0) is 33.1. The van der Waals surface area contributed by atoms with Crippen LogP contribution >= 0.6 is 0 Å². The van der Waals surface area contributed by atoms with E-state index < -0.39 is 71.8 Å². The Morgan fingerprint density at radius 3 is 2.20 bits per heavy atom. The van der Waals surface area contributed by atoms with Crippen LogP contribution in [0, 0.1) is 22.0 Å². The van der Waals surface area contributed by atoms with Crippen molar-refractivity contribution in [3.63, 3.8) is 0 Å². The minimum atomic E-state index is -4.28. The first-order chi connectivity index (χ1) is 20.5. The normalized spacial score (nSPS) is 20.7. The van der Waals surface area contributed by atoms with Gasteiger partial charge in [0.2, 0.25) is 11.8 Å². The van der Waals surface area contributed by atoms with Gasteiger partial charge >= 0.3 is 11.9 Å². The Bertz CT molecular complexity index is 1450. The fourth-order valence-corrected chi connectivity index (χ4v) is 9.31. The van der Waals surface area contributed by atoms with E-state index in [-0.39, 0.29) is 29.4 Å². The van der Waals surface area contributed by atoms with Crippen molar-refractivity contribution in [1.82, 2.24) is 14.5 Å². The molecule has 44 heavy (non-hydrogen) atoms. The van der Waals surface area contributed by atoms with E-state index in [9.17, 15) is 37.7 Å². The molecule has 4 atom stereocenters. The highest BCUT2D eigenvalue weighted by Crippen LogP contribution is 2.48. The highest BCUT2D eigenvalue weighted by molar-refractivity contribution is 7.87. The predicted octanol–water partition coefficient (Wildman–Crippen LogP) is 1.67. The predicted molar refractivity (Wildman–Crippen MR) is 160 cm³/mol. The first-order valence-electron chi connectivity index (χ1n) is 14.3. The molecule has 0 spiro atoms. The molecule has 2 aliphatic rings. The van der Waals surface area contributed by atoms with Crippen molar-refractivity contribution in [2.45, 2.75) is 64.9 Å². The number of ether oxygens (including phenoxy) is 1. The fourth-order valence-electron chi connectivity index (χ4n) is 5.99. The molecule has 242 valence electrons. The average molecular weight is 654 g/mol. The number of β-lactam (4-membered cyclic amide) rings is 1. The largest absolute Gasteiger partial charge is 0.413 e. The number of nitrogens with two attached hydrogens (primary N) is 1. The standard InChI is InChI=1S/C27H39N5O10SSi/c1-7-44(8-2,9-3)42-17(5)22-23-16(4)20(14-30(6)15-21(33)29-43(28,39)40)24(31(23)25(22)34)27(36)41-26(35)18-10-12-19(13-11-18)32(37)38/h10-13,16-17,22-23H,7-9,14-15H2,1-6H3,(H,29,33)(H2,28,39,40)/t16-,17+,22+,23+/m0/s1. The van der Waals surface area contributed by atoms with E-state index in [0.29, 0.717) is 5.57 Å². The molecule has 0 bridgehead atoms. The second-order valence-electron chi connectivity index (χ2n) is 11.2. The number of benzene rings is 1. The van der Waals surface area contributed by atoms with Gasteiger partial charge in [-0.15, -0.1) is 0 Å². The number of nitro groups is 1. The Morgan fingerprint density at radius 2 is 1.70 bits per heavy atom. The first-order valence-corrected chi connectivity index (χ1v) is 18.3. The number of rotatable bonds is 14. The van der Waals surface area contributed by atoms with Crippen molar-refractivity contribution >= 4 is 48.0 Å². The van der Waals surface area contributed by atoms with Crippen LogP contribution in [0.3, 0.4) is 0 Å². The summed E-state index contributed by atoms with van der Waals surface area (Å²) in [5.74, 6) is -4.41. The number of amides is 2. The number of carbonyl (C=O) groups excluding carboxylic acids is 4. The van der Waals surface area contributed by atoms with Crippen LogP contribution in [-0.4, -0.2) is 87.5 Å². The first kappa shape index (κ1) is 35.0. The molecule has 1 saturated heterocycles. The molecule has 17 heteroatoms. The Morgan fingerprint density at radius 1 is 1.14 bits per heavy atom. The molecule has 2 heterocycles. The van der Waals surface area contributed by atoms with Crippen molar-refractivity contribution in [2.24, 2.45) is 17.0 Å². The lowest BCUT2D eigenvalue weighted by atomic mass is 9.77. The zero-order valence-electron chi connectivity index (χ0n) is 25.6. The number of nitrogens with zero attached hydrogens (tertiary/aromatic N) is 3. The van der Waals surface area contributed by atoms with Gasteiger partial charge in [-0.3, -0.25) is 24.6 Å².